The molecule has 0 amide bonds. The van der Waals surface area contributed by atoms with Crippen LogP contribution in [0.5, 0.6) is 0 Å². The number of nitrogens with one attached hydrogen (secondary N) is 2. The summed E-state index contributed by atoms with van der Waals surface area (Å²) in [5, 5.41) is 0. The van der Waals surface area contributed by atoms with Crippen molar-refractivity contribution < 1.29 is 0 Å². The van der Waals surface area contributed by atoms with Crippen molar-refractivity contribution in [3.8, 4) is 0 Å². The van der Waals surface area contributed by atoms with Gasteiger partial charge in [-0.15, -0.1) is 0 Å². The Balaban J connectivity index is 0.000000283. The summed E-state index contributed by atoms with van der Waals surface area (Å²) in [7, 11) is 4.03. The van der Waals surface area contributed by atoms with Gasteiger partial charge in [-0.3, -0.25) is 0 Å². The molecule has 90 valence electrons. The standard InChI is InChI=1S/C6H11N3.C4H6N2.CH4/c1-9(2)5-6-7-3-4-8-6;1-4-5-2-3-6-4;/h3-4H,5H2,1-2H3,(H,7,8);2-3H,1H3,(H,5,6);1H4. The molecule has 5 nitrogen and oxygen atoms in total. The van der Waals surface area contributed by atoms with Crippen LogP contribution in [0.2, 0.25) is 0 Å². The van der Waals surface area contributed by atoms with Crippen molar-refractivity contribution in [3.63, 3.8) is 0 Å². The van der Waals surface area contributed by atoms with Gasteiger partial charge in [0.05, 0.1) is 6.54 Å². The van der Waals surface area contributed by atoms with E-state index < -0.39 is 0 Å². The van der Waals surface area contributed by atoms with Crippen molar-refractivity contribution in [1.82, 2.24) is 24.8 Å². The fourth-order valence-electron chi connectivity index (χ4n) is 1.03. The molecule has 0 aliphatic carbocycles. The molecule has 16 heavy (non-hydrogen) atoms. The highest BCUT2D eigenvalue weighted by Gasteiger charge is 1.93. The number of aromatic amines is 2. The van der Waals surface area contributed by atoms with Gasteiger partial charge >= 0.3 is 0 Å². The van der Waals surface area contributed by atoms with E-state index in [1.54, 1.807) is 18.6 Å². The quantitative estimate of drug-likeness (QED) is 0.816. The van der Waals surface area contributed by atoms with Crippen molar-refractivity contribution in [2.45, 2.75) is 20.9 Å². The Bertz CT molecular complexity index is 336. The van der Waals surface area contributed by atoms with Gasteiger partial charge in [-0.1, -0.05) is 7.43 Å². The summed E-state index contributed by atoms with van der Waals surface area (Å²) in [5.74, 6) is 1.98. The molecule has 2 heterocycles. The first-order valence-corrected chi connectivity index (χ1v) is 4.77. The molecule has 0 radical (unpaired) electrons. The minimum absolute atomic E-state index is 0. The van der Waals surface area contributed by atoms with E-state index in [1.165, 1.54) is 0 Å². The van der Waals surface area contributed by atoms with Gasteiger partial charge in [0.25, 0.3) is 0 Å². The number of aromatic nitrogens is 4. The Morgan fingerprint density at radius 1 is 1.12 bits per heavy atom. The van der Waals surface area contributed by atoms with Crippen LogP contribution in [0.1, 0.15) is 19.1 Å². The van der Waals surface area contributed by atoms with Gasteiger partial charge in [0.2, 0.25) is 0 Å². The number of rotatable bonds is 2. The lowest BCUT2D eigenvalue weighted by Crippen LogP contribution is -2.11. The molecule has 0 saturated heterocycles. The van der Waals surface area contributed by atoms with Gasteiger partial charge in [-0.2, -0.15) is 0 Å². The molecule has 0 bridgehead atoms. The first-order valence-electron chi connectivity index (χ1n) is 4.77. The molecular weight excluding hydrogens is 202 g/mol. The van der Waals surface area contributed by atoms with Gasteiger partial charge in [-0.05, 0) is 21.0 Å². The first-order chi connectivity index (χ1) is 7.18. The van der Waals surface area contributed by atoms with E-state index in [9.17, 15) is 0 Å². The van der Waals surface area contributed by atoms with Gasteiger partial charge in [0.1, 0.15) is 11.6 Å². The predicted octanol–water partition coefficient (Wildman–Crippen LogP) is 1.83. The first kappa shape index (κ1) is 14.4. The molecule has 2 N–H and O–H groups in total. The number of nitrogens with zero attached hydrogens (tertiary/aromatic N) is 3. The second kappa shape index (κ2) is 7.64. The summed E-state index contributed by atoms with van der Waals surface area (Å²) < 4.78 is 0. The highest BCUT2D eigenvalue weighted by molar-refractivity contribution is 4.85. The lowest BCUT2D eigenvalue weighted by atomic mass is 10.6. The molecule has 0 aliphatic rings. The largest absolute Gasteiger partial charge is 0.349 e. The molecule has 2 rings (SSSR count). The number of imidazole rings is 2. The Kier molecular flexibility index (Phi) is 6.87. The Labute approximate surface area is 96.9 Å². The zero-order chi connectivity index (χ0) is 11.1. The van der Waals surface area contributed by atoms with E-state index in [-0.39, 0.29) is 7.43 Å². The highest BCUT2D eigenvalue weighted by atomic mass is 15.1. The summed E-state index contributed by atoms with van der Waals surface area (Å²) in [5.41, 5.74) is 0. The molecule has 0 aromatic carbocycles. The fraction of sp³-hybridized carbons (Fsp3) is 0.455. The second-order valence-electron chi connectivity index (χ2n) is 3.45. The van der Waals surface area contributed by atoms with Crippen LogP contribution < -0.4 is 0 Å². The van der Waals surface area contributed by atoms with E-state index in [0.717, 1.165) is 18.2 Å². The molecular formula is C11H21N5. The van der Waals surface area contributed by atoms with Gasteiger partial charge < -0.3 is 14.9 Å². The molecule has 0 spiro atoms. The Hall–Kier alpha value is -1.62. The number of H-pyrrole nitrogens is 2. The van der Waals surface area contributed by atoms with Gasteiger partial charge in [-0.25, -0.2) is 9.97 Å². The van der Waals surface area contributed by atoms with E-state index in [1.807, 2.05) is 27.2 Å². The van der Waals surface area contributed by atoms with Crippen LogP contribution in [0.3, 0.4) is 0 Å². The SMILES string of the molecule is C.CN(C)Cc1ncc[nH]1.Cc1ncc[nH]1. The predicted molar refractivity (Wildman–Crippen MR) is 66.0 cm³/mol. The minimum Gasteiger partial charge on any atom is -0.349 e. The van der Waals surface area contributed by atoms with E-state index in [0.29, 0.717) is 0 Å². The average Bonchev–Trinajstić information content (AvgIpc) is 2.78. The maximum atomic E-state index is 4.06. The maximum absolute atomic E-state index is 4.06. The summed E-state index contributed by atoms with van der Waals surface area (Å²) in [6.07, 6.45) is 7.13. The van der Waals surface area contributed by atoms with Crippen LogP contribution in [0.25, 0.3) is 0 Å². The topological polar surface area (TPSA) is 60.6 Å². The summed E-state index contributed by atoms with van der Waals surface area (Å²) in [6, 6.07) is 0. The van der Waals surface area contributed by atoms with Crippen molar-refractivity contribution in [1.29, 1.82) is 0 Å². The van der Waals surface area contributed by atoms with E-state index >= 15 is 0 Å². The molecule has 2 aromatic heterocycles. The van der Waals surface area contributed by atoms with Crippen LogP contribution in [0.15, 0.2) is 24.8 Å². The fourth-order valence-corrected chi connectivity index (χ4v) is 1.03. The third-order valence-electron chi connectivity index (χ3n) is 1.66. The number of aryl methyl sites for hydroxylation is 1. The van der Waals surface area contributed by atoms with Crippen molar-refractivity contribution in [3.05, 3.63) is 36.4 Å². The van der Waals surface area contributed by atoms with Crippen LogP contribution in [0, 0.1) is 6.92 Å². The lowest BCUT2D eigenvalue weighted by Gasteiger charge is -2.04. The number of hydrogen-bond donors (Lipinski definition) is 2. The summed E-state index contributed by atoms with van der Waals surface area (Å²) in [4.78, 5) is 15.9. The van der Waals surface area contributed by atoms with E-state index in [4.69, 9.17) is 0 Å². The van der Waals surface area contributed by atoms with E-state index in [2.05, 4.69) is 24.8 Å². The zero-order valence-corrected chi connectivity index (χ0v) is 9.36. The Morgan fingerprint density at radius 3 is 2.06 bits per heavy atom. The smallest absolute Gasteiger partial charge is 0.120 e. The third kappa shape index (κ3) is 5.98. The number of hydrogen-bond acceptors (Lipinski definition) is 3. The molecule has 0 fully saturated rings. The zero-order valence-electron chi connectivity index (χ0n) is 9.36. The normalized spacial score (nSPS) is 9.25. The second-order valence-corrected chi connectivity index (χ2v) is 3.45. The lowest BCUT2D eigenvalue weighted by molar-refractivity contribution is 0.392. The van der Waals surface area contributed by atoms with Crippen LogP contribution in [0.4, 0.5) is 0 Å². The maximum Gasteiger partial charge on any atom is 0.120 e. The highest BCUT2D eigenvalue weighted by Crippen LogP contribution is 1.90. The molecule has 0 unspecified atom stereocenters. The molecule has 0 atom stereocenters. The molecule has 0 aliphatic heterocycles. The van der Waals surface area contributed by atoms with Crippen molar-refractivity contribution in [2.24, 2.45) is 0 Å². The molecule has 0 saturated carbocycles. The van der Waals surface area contributed by atoms with Crippen LogP contribution in [-0.4, -0.2) is 38.9 Å². The monoisotopic (exact) mass is 223 g/mol. The summed E-state index contributed by atoms with van der Waals surface area (Å²) in [6.45, 7) is 2.80. The van der Waals surface area contributed by atoms with Crippen LogP contribution >= 0.6 is 0 Å². The Morgan fingerprint density at radius 2 is 1.75 bits per heavy atom. The minimum atomic E-state index is 0. The average molecular weight is 223 g/mol. The van der Waals surface area contributed by atoms with Crippen molar-refractivity contribution >= 4 is 0 Å². The molecule has 5 heteroatoms. The third-order valence-corrected chi connectivity index (χ3v) is 1.66. The molecule has 2 aromatic rings. The van der Waals surface area contributed by atoms with Crippen LogP contribution in [-0.2, 0) is 6.54 Å². The van der Waals surface area contributed by atoms with Crippen molar-refractivity contribution in [2.75, 3.05) is 14.1 Å². The van der Waals surface area contributed by atoms with Gasteiger partial charge in [0.15, 0.2) is 0 Å². The van der Waals surface area contributed by atoms with Gasteiger partial charge in [0, 0.05) is 24.8 Å². The summed E-state index contributed by atoms with van der Waals surface area (Å²) >= 11 is 0.